The minimum Gasteiger partial charge on any atom is -0.453 e. The maximum absolute atomic E-state index is 11.0. The van der Waals surface area contributed by atoms with Gasteiger partial charge in [0.1, 0.15) is 0 Å². The van der Waals surface area contributed by atoms with Crippen molar-refractivity contribution in [3.8, 4) is 0 Å². The predicted molar refractivity (Wildman–Crippen MR) is 58.4 cm³/mol. The molecular formula is C11H23NO2. The van der Waals surface area contributed by atoms with E-state index in [-0.39, 0.29) is 6.09 Å². The largest absolute Gasteiger partial charge is 0.453 e. The Balaban J connectivity index is 0.000000500. The smallest absolute Gasteiger partial charge is 0.409 e. The van der Waals surface area contributed by atoms with Gasteiger partial charge in [-0.05, 0) is 12.8 Å². The molecule has 14 heavy (non-hydrogen) atoms. The Labute approximate surface area is 87.4 Å². The van der Waals surface area contributed by atoms with Crippen LogP contribution in [0, 0.1) is 0 Å². The third kappa shape index (κ3) is 5.84. The summed E-state index contributed by atoms with van der Waals surface area (Å²) in [6.45, 7) is 5.99. The fourth-order valence-corrected chi connectivity index (χ4v) is 1.38. The first-order valence-electron chi connectivity index (χ1n) is 5.59. The summed E-state index contributed by atoms with van der Waals surface area (Å²) in [6, 6.07) is 0. The van der Waals surface area contributed by atoms with Crippen LogP contribution in [0.1, 0.15) is 46.0 Å². The quantitative estimate of drug-likeness (QED) is 0.603. The minimum absolute atomic E-state index is 0.174. The summed E-state index contributed by atoms with van der Waals surface area (Å²) in [6.07, 6.45) is 5.80. The highest BCUT2D eigenvalue weighted by Crippen LogP contribution is 2.09. The average Bonchev–Trinajstić information content (AvgIpc) is 2.46. The van der Waals surface area contributed by atoms with Crippen molar-refractivity contribution in [1.82, 2.24) is 4.90 Å². The van der Waals surface area contributed by atoms with Gasteiger partial charge in [-0.25, -0.2) is 4.79 Å². The van der Waals surface area contributed by atoms with E-state index in [0.29, 0.717) is 0 Å². The second kappa shape index (κ2) is 8.85. The molecule has 0 bridgehead atoms. The van der Waals surface area contributed by atoms with Crippen LogP contribution in [-0.2, 0) is 4.74 Å². The second-order valence-corrected chi connectivity index (χ2v) is 3.58. The number of hydrogen-bond donors (Lipinski definition) is 0. The molecule has 0 spiro atoms. The number of amides is 1. The van der Waals surface area contributed by atoms with Crippen LogP contribution >= 0.6 is 0 Å². The molecule has 0 atom stereocenters. The summed E-state index contributed by atoms with van der Waals surface area (Å²) in [5.74, 6) is 0. The number of carbonyl (C=O) groups excluding carboxylic acids is 1. The van der Waals surface area contributed by atoms with Crippen LogP contribution in [0.5, 0.6) is 0 Å². The van der Waals surface area contributed by atoms with Crippen molar-refractivity contribution in [2.75, 3.05) is 20.2 Å². The van der Waals surface area contributed by atoms with Crippen molar-refractivity contribution < 1.29 is 9.53 Å². The number of carbonyl (C=O) groups is 1. The SMILES string of the molecule is CCC.COC(=O)N1CCCCCC1. The number of nitrogens with zero attached hydrogens (tertiary/aromatic N) is 1. The Morgan fingerprint density at radius 2 is 1.57 bits per heavy atom. The lowest BCUT2D eigenvalue weighted by Crippen LogP contribution is -2.31. The molecule has 3 heteroatoms. The van der Waals surface area contributed by atoms with Crippen LogP contribution in [0.15, 0.2) is 0 Å². The standard InChI is InChI=1S/C8H15NO2.C3H8/c1-11-8(10)9-6-4-2-3-5-7-9;1-3-2/h2-7H2,1H3;3H2,1-2H3. The van der Waals surface area contributed by atoms with Gasteiger partial charge in [0, 0.05) is 13.1 Å². The third-order valence-electron chi connectivity index (χ3n) is 2.04. The summed E-state index contributed by atoms with van der Waals surface area (Å²) in [4.78, 5) is 12.8. The molecule has 84 valence electrons. The van der Waals surface area contributed by atoms with E-state index in [1.807, 2.05) is 0 Å². The van der Waals surface area contributed by atoms with Gasteiger partial charge >= 0.3 is 6.09 Å². The van der Waals surface area contributed by atoms with Crippen LogP contribution in [0.4, 0.5) is 4.79 Å². The van der Waals surface area contributed by atoms with E-state index < -0.39 is 0 Å². The Morgan fingerprint density at radius 1 is 1.14 bits per heavy atom. The van der Waals surface area contributed by atoms with Crippen LogP contribution in [-0.4, -0.2) is 31.2 Å². The average molecular weight is 201 g/mol. The van der Waals surface area contributed by atoms with E-state index in [1.165, 1.54) is 26.4 Å². The monoisotopic (exact) mass is 201 g/mol. The molecule has 1 aliphatic rings. The van der Waals surface area contributed by atoms with E-state index >= 15 is 0 Å². The van der Waals surface area contributed by atoms with E-state index in [9.17, 15) is 4.79 Å². The highest BCUT2D eigenvalue weighted by atomic mass is 16.5. The topological polar surface area (TPSA) is 29.5 Å². The Morgan fingerprint density at radius 3 is 1.93 bits per heavy atom. The van der Waals surface area contributed by atoms with Crippen molar-refractivity contribution in [3.05, 3.63) is 0 Å². The number of rotatable bonds is 0. The minimum atomic E-state index is -0.174. The zero-order valence-corrected chi connectivity index (χ0v) is 9.71. The lowest BCUT2D eigenvalue weighted by atomic mass is 10.2. The molecule has 1 rings (SSSR count). The molecule has 0 saturated carbocycles. The molecule has 0 radical (unpaired) electrons. The van der Waals surface area contributed by atoms with Crippen LogP contribution in [0.2, 0.25) is 0 Å². The molecule has 0 unspecified atom stereocenters. The lowest BCUT2D eigenvalue weighted by Gasteiger charge is -2.17. The van der Waals surface area contributed by atoms with Gasteiger partial charge in [-0.15, -0.1) is 0 Å². The number of hydrogen-bond acceptors (Lipinski definition) is 2. The highest BCUT2D eigenvalue weighted by molar-refractivity contribution is 5.67. The summed E-state index contributed by atoms with van der Waals surface area (Å²) in [7, 11) is 1.44. The lowest BCUT2D eigenvalue weighted by molar-refractivity contribution is 0.125. The molecule has 1 saturated heterocycles. The summed E-state index contributed by atoms with van der Waals surface area (Å²) >= 11 is 0. The van der Waals surface area contributed by atoms with Crippen LogP contribution < -0.4 is 0 Å². The van der Waals surface area contributed by atoms with Crippen molar-refractivity contribution in [2.45, 2.75) is 46.0 Å². The van der Waals surface area contributed by atoms with E-state index in [0.717, 1.165) is 25.9 Å². The molecule has 1 heterocycles. The zero-order chi connectivity index (χ0) is 10.8. The highest BCUT2D eigenvalue weighted by Gasteiger charge is 2.14. The number of likely N-dealkylation sites (tertiary alicyclic amines) is 1. The van der Waals surface area contributed by atoms with Gasteiger partial charge in [-0.1, -0.05) is 33.1 Å². The van der Waals surface area contributed by atoms with Gasteiger partial charge in [0.2, 0.25) is 0 Å². The molecule has 0 aromatic heterocycles. The van der Waals surface area contributed by atoms with Gasteiger partial charge in [0.15, 0.2) is 0 Å². The molecule has 3 nitrogen and oxygen atoms in total. The zero-order valence-electron chi connectivity index (χ0n) is 9.71. The fourth-order valence-electron chi connectivity index (χ4n) is 1.38. The normalized spacial score (nSPS) is 16.4. The predicted octanol–water partition coefficient (Wildman–Crippen LogP) is 3.05. The summed E-state index contributed by atoms with van der Waals surface area (Å²) in [5, 5.41) is 0. The molecule has 1 amide bonds. The first-order valence-corrected chi connectivity index (χ1v) is 5.59. The molecule has 1 fully saturated rings. The molecule has 1 aliphatic heterocycles. The van der Waals surface area contributed by atoms with E-state index in [1.54, 1.807) is 4.90 Å². The van der Waals surface area contributed by atoms with E-state index in [2.05, 4.69) is 18.6 Å². The Kier molecular flexibility index (Phi) is 8.39. The molecule has 0 N–H and O–H groups in total. The second-order valence-electron chi connectivity index (χ2n) is 3.58. The Hall–Kier alpha value is -0.730. The van der Waals surface area contributed by atoms with Crippen LogP contribution in [0.3, 0.4) is 0 Å². The molecular weight excluding hydrogens is 178 g/mol. The first kappa shape index (κ1) is 13.3. The maximum atomic E-state index is 11.0. The van der Waals surface area contributed by atoms with Gasteiger partial charge in [0.05, 0.1) is 7.11 Å². The molecule has 0 aliphatic carbocycles. The van der Waals surface area contributed by atoms with Gasteiger partial charge < -0.3 is 9.64 Å². The first-order chi connectivity index (χ1) is 6.76. The number of methoxy groups -OCH3 is 1. The molecule has 0 aromatic carbocycles. The van der Waals surface area contributed by atoms with Crippen molar-refractivity contribution in [2.24, 2.45) is 0 Å². The van der Waals surface area contributed by atoms with E-state index in [4.69, 9.17) is 0 Å². The third-order valence-corrected chi connectivity index (χ3v) is 2.04. The summed E-state index contributed by atoms with van der Waals surface area (Å²) in [5.41, 5.74) is 0. The summed E-state index contributed by atoms with van der Waals surface area (Å²) < 4.78 is 4.63. The Bertz CT molecular complexity index is 140. The van der Waals surface area contributed by atoms with Crippen LogP contribution in [0.25, 0.3) is 0 Å². The van der Waals surface area contributed by atoms with Crippen molar-refractivity contribution >= 4 is 6.09 Å². The maximum Gasteiger partial charge on any atom is 0.409 e. The van der Waals surface area contributed by atoms with Gasteiger partial charge in [0.25, 0.3) is 0 Å². The number of ether oxygens (including phenoxy) is 1. The van der Waals surface area contributed by atoms with Crippen molar-refractivity contribution in [3.63, 3.8) is 0 Å². The fraction of sp³-hybridized carbons (Fsp3) is 0.909. The van der Waals surface area contributed by atoms with Gasteiger partial charge in [-0.3, -0.25) is 0 Å². The van der Waals surface area contributed by atoms with Gasteiger partial charge in [-0.2, -0.15) is 0 Å². The molecule has 0 aromatic rings. The van der Waals surface area contributed by atoms with Crippen molar-refractivity contribution in [1.29, 1.82) is 0 Å².